The molecule has 0 rings (SSSR count). The number of hydrogen-bond donors (Lipinski definition) is 4. The van der Waals surface area contributed by atoms with Crippen molar-refractivity contribution in [1.29, 1.82) is 0 Å². The maximum absolute atomic E-state index is 12.4. The predicted octanol–water partition coefficient (Wildman–Crippen LogP) is 13.9. The summed E-state index contributed by atoms with van der Waals surface area (Å²) in [5.41, 5.74) is 0. The molecule has 5 heteroatoms. The number of amides is 1. The van der Waals surface area contributed by atoms with Crippen molar-refractivity contribution in [1.82, 2.24) is 5.32 Å². The van der Waals surface area contributed by atoms with Gasteiger partial charge in [0, 0.05) is 0 Å². The van der Waals surface area contributed by atoms with E-state index in [-0.39, 0.29) is 6.61 Å². The molecule has 0 aliphatic heterocycles. The van der Waals surface area contributed by atoms with Crippen LogP contribution in [0.4, 0.5) is 0 Å². The van der Waals surface area contributed by atoms with E-state index in [9.17, 15) is 20.1 Å². The van der Waals surface area contributed by atoms with Gasteiger partial charge in [0.25, 0.3) is 0 Å². The summed E-state index contributed by atoms with van der Waals surface area (Å²) in [5, 5.41) is 32.9. The molecule has 1 amide bonds. The number of hydrogen-bond acceptors (Lipinski definition) is 4. The fourth-order valence-corrected chi connectivity index (χ4v) is 6.96. The van der Waals surface area contributed by atoms with Crippen molar-refractivity contribution < 1.29 is 20.1 Å². The molecule has 4 N–H and O–H groups in total. The average Bonchev–Trinajstić information content (AvgIpc) is 3.19. The molecule has 3 unspecified atom stereocenters. The van der Waals surface area contributed by atoms with Crippen molar-refractivity contribution in [3.8, 4) is 0 Å². The molecule has 0 heterocycles. The number of rotatable bonds is 42. The Morgan fingerprint density at radius 2 is 0.873 bits per heavy atom. The molecule has 3 atom stereocenters. The van der Waals surface area contributed by atoms with Gasteiger partial charge in [0.15, 0.2) is 0 Å². The third kappa shape index (κ3) is 40.1. The third-order valence-corrected chi connectivity index (χ3v) is 10.7. The summed E-state index contributed by atoms with van der Waals surface area (Å²) in [6, 6.07) is -0.820. The molecule has 0 bridgehead atoms. The Balaban J connectivity index is 3.52. The van der Waals surface area contributed by atoms with Crippen LogP contribution in [0.25, 0.3) is 0 Å². The Labute approximate surface area is 341 Å². The first-order chi connectivity index (χ1) is 27.1. The molecule has 0 aromatic heterocycles. The highest BCUT2D eigenvalue weighted by atomic mass is 16.3. The van der Waals surface area contributed by atoms with Crippen LogP contribution in [0.5, 0.6) is 0 Å². The van der Waals surface area contributed by atoms with Crippen molar-refractivity contribution in [2.24, 2.45) is 0 Å². The second kappa shape index (κ2) is 44.8. The summed E-state index contributed by atoms with van der Waals surface area (Å²) in [5.74, 6) is -0.521. The normalized spacial score (nSPS) is 14.1. The van der Waals surface area contributed by atoms with Crippen molar-refractivity contribution >= 4 is 5.91 Å². The second-order valence-electron chi connectivity index (χ2n) is 16.0. The summed E-state index contributed by atoms with van der Waals surface area (Å²) in [7, 11) is 0. The van der Waals surface area contributed by atoms with Crippen LogP contribution in [0.15, 0.2) is 60.8 Å². The lowest BCUT2D eigenvalue weighted by molar-refractivity contribution is -0.131. The first-order valence-corrected chi connectivity index (χ1v) is 23.6. The Kier molecular flexibility index (Phi) is 43.2. The van der Waals surface area contributed by atoms with Gasteiger partial charge >= 0.3 is 0 Å². The maximum atomic E-state index is 12.4. The van der Waals surface area contributed by atoms with Crippen molar-refractivity contribution in [3.63, 3.8) is 0 Å². The van der Waals surface area contributed by atoms with Crippen LogP contribution in [0, 0.1) is 0 Å². The van der Waals surface area contributed by atoms with Crippen molar-refractivity contribution in [2.75, 3.05) is 6.61 Å². The van der Waals surface area contributed by atoms with Crippen molar-refractivity contribution in [2.45, 2.75) is 244 Å². The number of allylic oxidation sites excluding steroid dienone is 9. The van der Waals surface area contributed by atoms with Gasteiger partial charge in [0.1, 0.15) is 6.10 Å². The fraction of sp³-hybridized carbons (Fsp3) is 0.780. The predicted molar refractivity (Wildman–Crippen MR) is 240 cm³/mol. The lowest BCUT2D eigenvalue weighted by atomic mass is 10.0. The molecule has 0 aliphatic carbocycles. The van der Waals surface area contributed by atoms with Gasteiger partial charge in [-0.15, -0.1) is 0 Å². The number of carbonyl (C=O) groups excluding carboxylic acids is 1. The first kappa shape index (κ1) is 53.0. The highest BCUT2D eigenvalue weighted by Crippen LogP contribution is 2.16. The standard InChI is InChI=1S/C50H91NO4/c1-3-5-7-9-11-13-14-15-16-17-18-19-20-21-22-23-24-25-26-27-28-29-30-31-32-33-34-35-37-39-41-43-45-49(54)50(55)51-47(46-52)48(53)44-42-40-38-36-12-10-8-6-4-2/h4,6,12,18-19,21-22,36,42,44,47-49,52-54H,3,5,7-11,13-17,20,23-35,37-41,43,45-46H2,1-2H3,(H,51,55)/b6-4+,19-18-,22-21-,36-12+,44-42+. The number of carbonyl (C=O) groups is 1. The maximum Gasteiger partial charge on any atom is 0.249 e. The monoisotopic (exact) mass is 770 g/mol. The van der Waals surface area contributed by atoms with Crippen LogP contribution in [0.1, 0.15) is 226 Å². The molecule has 0 aromatic carbocycles. The zero-order valence-corrected chi connectivity index (χ0v) is 36.3. The summed E-state index contributed by atoms with van der Waals surface area (Å²) in [4.78, 5) is 12.4. The molecule has 320 valence electrons. The SMILES string of the molecule is C/C=C/CC/C=C/CC/C=C/C(O)C(CO)NC(=O)C(O)CCCCCCCCCCCCCCCCCC/C=C\C/C=C\CCCCCCCCCCC. The summed E-state index contributed by atoms with van der Waals surface area (Å²) < 4.78 is 0. The van der Waals surface area contributed by atoms with Crippen LogP contribution in [-0.4, -0.2) is 46.1 Å². The molecule has 55 heavy (non-hydrogen) atoms. The lowest BCUT2D eigenvalue weighted by Crippen LogP contribution is -2.48. The molecule has 0 saturated carbocycles. The molecular formula is C50H91NO4. The van der Waals surface area contributed by atoms with Crippen LogP contribution in [-0.2, 0) is 4.79 Å². The molecular weight excluding hydrogens is 679 g/mol. The highest BCUT2D eigenvalue weighted by Gasteiger charge is 2.22. The van der Waals surface area contributed by atoms with E-state index in [2.05, 4.69) is 60.8 Å². The second-order valence-corrected chi connectivity index (χ2v) is 16.0. The van der Waals surface area contributed by atoms with Gasteiger partial charge < -0.3 is 20.6 Å². The Bertz CT molecular complexity index is 938. The van der Waals surface area contributed by atoms with Gasteiger partial charge in [-0.2, -0.15) is 0 Å². The number of nitrogens with one attached hydrogen (secondary N) is 1. The minimum absolute atomic E-state index is 0.383. The number of aliphatic hydroxyl groups excluding tert-OH is 3. The Hall–Kier alpha value is -1.95. The van der Waals surface area contributed by atoms with E-state index in [1.54, 1.807) is 6.08 Å². The van der Waals surface area contributed by atoms with Gasteiger partial charge in [-0.1, -0.05) is 215 Å². The van der Waals surface area contributed by atoms with Crippen LogP contribution < -0.4 is 5.32 Å². The summed E-state index contributed by atoms with van der Waals surface area (Å²) in [6.07, 6.45) is 60.2. The number of unbranched alkanes of at least 4 members (excludes halogenated alkanes) is 27. The number of aliphatic hydroxyl groups is 3. The van der Waals surface area contributed by atoms with Gasteiger partial charge in [-0.3, -0.25) is 4.79 Å². The smallest absolute Gasteiger partial charge is 0.249 e. The summed E-state index contributed by atoms with van der Waals surface area (Å²) in [6.45, 7) is 3.93. The quantitative estimate of drug-likeness (QED) is 0.0368. The Morgan fingerprint density at radius 3 is 1.31 bits per heavy atom. The van der Waals surface area contributed by atoms with E-state index in [0.717, 1.165) is 51.4 Å². The zero-order valence-electron chi connectivity index (χ0n) is 36.3. The molecule has 0 spiro atoms. The highest BCUT2D eigenvalue weighted by molar-refractivity contribution is 5.80. The van der Waals surface area contributed by atoms with Gasteiger partial charge in [-0.05, 0) is 71.1 Å². The lowest BCUT2D eigenvalue weighted by Gasteiger charge is -2.21. The molecule has 5 nitrogen and oxygen atoms in total. The zero-order chi connectivity index (χ0) is 40.1. The van der Waals surface area contributed by atoms with E-state index < -0.39 is 24.2 Å². The van der Waals surface area contributed by atoms with Crippen molar-refractivity contribution in [3.05, 3.63) is 60.8 Å². The van der Waals surface area contributed by atoms with E-state index in [0.29, 0.717) is 6.42 Å². The van der Waals surface area contributed by atoms with Gasteiger partial charge in [-0.25, -0.2) is 0 Å². The minimum Gasteiger partial charge on any atom is -0.394 e. The topological polar surface area (TPSA) is 89.8 Å². The van der Waals surface area contributed by atoms with Crippen LogP contribution in [0.3, 0.4) is 0 Å². The first-order valence-electron chi connectivity index (χ1n) is 23.6. The molecule has 0 fully saturated rings. The van der Waals surface area contributed by atoms with Crippen LogP contribution in [0.2, 0.25) is 0 Å². The van der Waals surface area contributed by atoms with E-state index in [4.69, 9.17) is 0 Å². The molecule has 0 aromatic rings. The molecule has 0 radical (unpaired) electrons. The third-order valence-electron chi connectivity index (χ3n) is 10.7. The Morgan fingerprint density at radius 1 is 0.491 bits per heavy atom. The molecule has 0 saturated heterocycles. The molecule has 0 aliphatic rings. The van der Waals surface area contributed by atoms with Gasteiger partial charge in [0.05, 0.1) is 18.8 Å². The average molecular weight is 770 g/mol. The van der Waals surface area contributed by atoms with Gasteiger partial charge in [0.2, 0.25) is 5.91 Å². The van der Waals surface area contributed by atoms with E-state index in [1.165, 1.54) is 154 Å². The van der Waals surface area contributed by atoms with Crippen LogP contribution >= 0.6 is 0 Å². The van der Waals surface area contributed by atoms with E-state index >= 15 is 0 Å². The summed E-state index contributed by atoms with van der Waals surface area (Å²) >= 11 is 0. The fourth-order valence-electron chi connectivity index (χ4n) is 6.96. The minimum atomic E-state index is -1.11. The largest absolute Gasteiger partial charge is 0.394 e. The van der Waals surface area contributed by atoms with E-state index in [1.807, 2.05) is 13.0 Å².